The van der Waals surface area contributed by atoms with Crippen molar-refractivity contribution in [2.45, 2.75) is 57.5 Å². The van der Waals surface area contributed by atoms with Crippen molar-refractivity contribution in [3.63, 3.8) is 0 Å². The van der Waals surface area contributed by atoms with Crippen molar-refractivity contribution in [2.75, 3.05) is 26.2 Å². The fourth-order valence-electron chi connectivity index (χ4n) is 4.59. The Bertz CT molecular complexity index is 1060. The molecular formula is C23H32N4O4S. The van der Waals surface area contributed by atoms with Crippen molar-refractivity contribution < 1.29 is 17.9 Å². The molecule has 3 heterocycles. The zero-order valence-electron chi connectivity index (χ0n) is 19.0. The van der Waals surface area contributed by atoms with E-state index in [1.165, 1.54) is 4.31 Å². The number of carbonyl (C=O) groups is 1. The van der Waals surface area contributed by atoms with Crippen molar-refractivity contribution >= 4 is 15.9 Å². The number of hydrogen-bond acceptors (Lipinski definition) is 5. The van der Waals surface area contributed by atoms with Gasteiger partial charge in [-0.05, 0) is 58.6 Å². The molecule has 0 aliphatic carbocycles. The van der Waals surface area contributed by atoms with Gasteiger partial charge >= 0.3 is 0 Å². The molecule has 0 spiro atoms. The van der Waals surface area contributed by atoms with Gasteiger partial charge in [-0.25, -0.2) is 13.1 Å². The summed E-state index contributed by atoms with van der Waals surface area (Å²) in [7, 11) is -3.69. The third-order valence-electron chi connectivity index (χ3n) is 6.45. The van der Waals surface area contributed by atoms with Crippen molar-refractivity contribution in [3.05, 3.63) is 41.2 Å². The van der Waals surface area contributed by atoms with E-state index in [4.69, 9.17) is 4.74 Å². The Morgan fingerprint density at radius 1 is 1.12 bits per heavy atom. The molecule has 1 amide bonds. The van der Waals surface area contributed by atoms with Gasteiger partial charge in [-0.3, -0.25) is 4.79 Å². The van der Waals surface area contributed by atoms with Crippen LogP contribution in [0.3, 0.4) is 0 Å². The van der Waals surface area contributed by atoms with E-state index in [0.717, 1.165) is 30.7 Å². The summed E-state index contributed by atoms with van der Waals surface area (Å²) in [5, 5.41) is 7.49. The van der Waals surface area contributed by atoms with Crippen LogP contribution in [0.25, 0.3) is 5.69 Å². The second kappa shape index (κ2) is 9.33. The van der Waals surface area contributed by atoms with Crippen LogP contribution in [0.4, 0.5) is 0 Å². The van der Waals surface area contributed by atoms with Crippen molar-refractivity contribution in [3.8, 4) is 5.69 Å². The fraction of sp³-hybridized carbons (Fsp3) is 0.565. The number of rotatable bonds is 6. The van der Waals surface area contributed by atoms with Gasteiger partial charge in [0.05, 0.1) is 23.2 Å². The van der Waals surface area contributed by atoms with Gasteiger partial charge < -0.3 is 10.1 Å². The second-order valence-corrected chi connectivity index (χ2v) is 10.7. The Labute approximate surface area is 190 Å². The topological polar surface area (TPSA) is 93.5 Å². The first kappa shape index (κ1) is 22.9. The summed E-state index contributed by atoms with van der Waals surface area (Å²) in [5.41, 5.74) is 3.05. The largest absolute Gasteiger partial charge is 0.376 e. The maximum atomic E-state index is 13.5. The number of carbonyl (C=O) groups excluding carboxylic acids is 1. The summed E-state index contributed by atoms with van der Waals surface area (Å²) in [6.07, 6.45) is 3.15. The van der Waals surface area contributed by atoms with E-state index < -0.39 is 10.0 Å². The van der Waals surface area contributed by atoms with E-state index in [-0.39, 0.29) is 22.8 Å². The molecule has 2 fully saturated rings. The first-order valence-corrected chi connectivity index (χ1v) is 12.7. The van der Waals surface area contributed by atoms with Crippen LogP contribution >= 0.6 is 0 Å². The average Bonchev–Trinajstić information content (AvgIpc) is 3.40. The van der Waals surface area contributed by atoms with Crippen LogP contribution in [-0.4, -0.2) is 60.8 Å². The number of ether oxygens (including phenoxy) is 1. The Kier molecular flexibility index (Phi) is 6.69. The van der Waals surface area contributed by atoms with Gasteiger partial charge in [0, 0.05) is 32.2 Å². The van der Waals surface area contributed by atoms with Crippen LogP contribution in [0.5, 0.6) is 0 Å². The molecule has 9 heteroatoms. The highest BCUT2D eigenvalue weighted by Gasteiger charge is 2.35. The van der Waals surface area contributed by atoms with Crippen LogP contribution in [0.2, 0.25) is 0 Å². The molecule has 2 aliphatic rings. The van der Waals surface area contributed by atoms with E-state index in [1.807, 2.05) is 31.2 Å². The van der Waals surface area contributed by atoms with Gasteiger partial charge in [-0.15, -0.1) is 0 Å². The number of sulfonamides is 1. The molecule has 0 radical (unpaired) electrons. The standard InChI is InChI=1S/C23H32N4O4S/c1-16-6-8-20(9-7-16)27-18(3)22(17(2)25-27)32(29,30)26-12-10-19(11-13-26)23(28)24-15-21-5-4-14-31-21/h6-9,19,21H,4-5,10-15H2,1-3H3,(H,24,28). The number of hydrogen-bond donors (Lipinski definition) is 1. The third-order valence-corrected chi connectivity index (χ3v) is 8.61. The fourth-order valence-corrected chi connectivity index (χ4v) is 6.41. The summed E-state index contributed by atoms with van der Waals surface area (Å²) >= 11 is 0. The number of nitrogens with zero attached hydrogens (tertiary/aromatic N) is 3. The first-order chi connectivity index (χ1) is 15.3. The molecule has 1 aromatic carbocycles. The van der Waals surface area contributed by atoms with Gasteiger partial charge in [0.25, 0.3) is 0 Å². The lowest BCUT2D eigenvalue weighted by Gasteiger charge is -2.30. The molecule has 32 heavy (non-hydrogen) atoms. The number of benzene rings is 1. The van der Waals surface area contributed by atoms with E-state index >= 15 is 0 Å². The molecule has 0 bridgehead atoms. The van der Waals surface area contributed by atoms with Crippen molar-refractivity contribution in [2.24, 2.45) is 5.92 Å². The molecule has 1 atom stereocenters. The summed E-state index contributed by atoms with van der Waals surface area (Å²) in [4.78, 5) is 12.8. The maximum absolute atomic E-state index is 13.5. The molecule has 8 nitrogen and oxygen atoms in total. The third kappa shape index (κ3) is 4.60. The molecule has 2 saturated heterocycles. The molecule has 1 aromatic heterocycles. The highest BCUT2D eigenvalue weighted by molar-refractivity contribution is 7.89. The quantitative estimate of drug-likeness (QED) is 0.715. The van der Waals surface area contributed by atoms with Crippen LogP contribution in [0, 0.1) is 26.7 Å². The van der Waals surface area contributed by atoms with E-state index in [2.05, 4.69) is 10.4 Å². The van der Waals surface area contributed by atoms with E-state index in [9.17, 15) is 13.2 Å². The van der Waals surface area contributed by atoms with Gasteiger partial charge in [-0.1, -0.05) is 17.7 Å². The number of piperidine rings is 1. The predicted octanol–water partition coefficient (Wildman–Crippen LogP) is 2.49. The van der Waals surface area contributed by atoms with Crippen LogP contribution in [0.15, 0.2) is 29.2 Å². The van der Waals surface area contributed by atoms with E-state index in [0.29, 0.717) is 43.9 Å². The monoisotopic (exact) mass is 460 g/mol. The van der Waals surface area contributed by atoms with Gasteiger partial charge in [0.1, 0.15) is 4.90 Å². The molecule has 1 N–H and O–H groups in total. The normalized spacial score (nSPS) is 20.5. The number of aryl methyl sites for hydroxylation is 2. The summed E-state index contributed by atoms with van der Waals surface area (Å²) in [5.74, 6) is -0.169. The van der Waals surface area contributed by atoms with Crippen molar-refractivity contribution in [1.82, 2.24) is 19.4 Å². The van der Waals surface area contributed by atoms with Gasteiger partial charge in [-0.2, -0.15) is 9.40 Å². The lowest BCUT2D eigenvalue weighted by Crippen LogP contribution is -2.44. The molecule has 2 aromatic rings. The van der Waals surface area contributed by atoms with Crippen molar-refractivity contribution in [1.29, 1.82) is 0 Å². The van der Waals surface area contributed by atoms with E-state index in [1.54, 1.807) is 18.5 Å². The summed E-state index contributed by atoms with van der Waals surface area (Å²) < 4.78 is 35.7. The highest BCUT2D eigenvalue weighted by Crippen LogP contribution is 2.29. The molecule has 174 valence electrons. The Balaban J connectivity index is 1.43. The SMILES string of the molecule is Cc1ccc(-n2nc(C)c(S(=O)(=O)N3CCC(C(=O)NCC4CCCO4)CC3)c2C)cc1. The summed E-state index contributed by atoms with van der Waals surface area (Å²) in [6, 6.07) is 7.83. The highest BCUT2D eigenvalue weighted by atomic mass is 32.2. The molecule has 4 rings (SSSR count). The Morgan fingerprint density at radius 2 is 1.81 bits per heavy atom. The zero-order chi connectivity index (χ0) is 22.9. The van der Waals surface area contributed by atoms with Crippen LogP contribution < -0.4 is 5.32 Å². The lowest BCUT2D eigenvalue weighted by molar-refractivity contribution is -0.126. The average molecular weight is 461 g/mol. The summed E-state index contributed by atoms with van der Waals surface area (Å²) in [6.45, 7) is 7.48. The van der Waals surface area contributed by atoms with Gasteiger partial charge in [0.15, 0.2) is 0 Å². The Morgan fingerprint density at radius 3 is 2.44 bits per heavy atom. The van der Waals surface area contributed by atoms with Crippen LogP contribution in [-0.2, 0) is 19.6 Å². The predicted molar refractivity (Wildman–Crippen MR) is 121 cm³/mol. The van der Waals surface area contributed by atoms with Gasteiger partial charge in [0.2, 0.25) is 15.9 Å². The minimum absolute atomic E-state index is 0.00269. The maximum Gasteiger partial charge on any atom is 0.246 e. The molecule has 2 aliphatic heterocycles. The molecular weight excluding hydrogens is 428 g/mol. The second-order valence-electron chi connectivity index (χ2n) is 8.81. The number of aromatic nitrogens is 2. The minimum Gasteiger partial charge on any atom is -0.376 e. The zero-order valence-corrected chi connectivity index (χ0v) is 19.8. The molecule has 1 unspecified atom stereocenters. The van der Waals surface area contributed by atoms with Crippen LogP contribution in [0.1, 0.15) is 42.6 Å². The Hall–Kier alpha value is -2.23. The smallest absolute Gasteiger partial charge is 0.246 e. The number of nitrogens with one attached hydrogen (secondary N) is 1. The number of amides is 1. The minimum atomic E-state index is -3.69. The first-order valence-electron chi connectivity index (χ1n) is 11.3. The molecule has 0 saturated carbocycles. The lowest BCUT2D eigenvalue weighted by atomic mass is 9.97.